The molecular weight excluding hydrogens is 386 g/mol. The van der Waals surface area contributed by atoms with Gasteiger partial charge in [0, 0.05) is 10.4 Å². The zero-order chi connectivity index (χ0) is 19.0. The fourth-order valence-electron chi connectivity index (χ4n) is 2.68. The zero-order valence-electron chi connectivity index (χ0n) is 14.2. The van der Waals surface area contributed by atoms with Crippen LogP contribution >= 0.6 is 22.9 Å². The third-order valence-electron chi connectivity index (χ3n) is 3.98. The lowest BCUT2D eigenvalue weighted by Gasteiger charge is -2.10. The number of amides is 1. The number of halogens is 1. The van der Waals surface area contributed by atoms with Crippen LogP contribution in [0.3, 0.4) is 0 Å². The lowest BCUT2D eigenvalue weighted by atomic mass is 10.2. The highest BCUT2D eigenvalue weighted by Gasteiger charge is 2.19. The molecule has 0 saturated carbocycles. The Balaban J connectivity index is 1.70. The highest BCUT2D eigenvalue weighted by Crippen LogP contribution is 2.35. The molecule has 1 aromatic carbocycles. The van der Waals surface area contributed by atoms with E-state index in [1.54, 1.807) is 30.5 Å². The summed E-state index contributed by atoms with van der Waals surface area (Å²) < 4.78 is 10.6. The predicted molar refractivity (Wildman–Crippen MR) is 108 cm³/mol. The summed E-state index contributed by atoms with van der Waals surface area (Å²) in [4.78, 5) is 18.4. The summed E-state index contributed by atoms with van der Waals surface area (Å²) in [6, 6.07) is 12.3. The summed E-state index contributed by atoms with van der Waals surface area (Å²) in [6.07, 6.45) is 1.58. The van der Waals surface area contributed by atoms with E-state index in [-0.39, 0.29) is 5.91 Å². The predicted octanol–water partition coefficient (Wildman–Crippen LogP) is 5.05. The lowest BCUT2D eigenvalue weighted by Crippen LogP contribution is -2.12. The minimum Gasteiger partial charge on any atom is -0.495 e. The molecule has 0 saturated heterocycles. The Kier molecular flexibility index (Phi) is 4.47. The van der Waals surface area contributed by atoms with Crippen LogP contribution in [0.1, 0.15) is 9.67 Å². The number of anilines is 2. The minimum atomic E-state index is -0.351. The maximum absolute atomic E-state index is 12.8. The molecule has 0 spiro atoms. The molecule has 0 fully saturated rings. The molecule has 6 nitrogen and oxygen atoms in total. The Labute approximate surface area is 163 Å². The molecule has 0 aliphatic carbocycles. The van der Waals surface area contributed by atoms with Crippen molar-refractivity contribution in [2.24, 2.45) is 0 Å². The van der Waals surface area contributed by atoms with Gasteiger partial charge in [0.2, 0.25) is 0 Å². The molecular formula is C19H14ClN3O3S. The number of furan rings is 1. The molecule has 0 bridgehead atoms. The number of nitrogens with one attached hydrogen (secondary N) is 1. The maximum Gasteiger partial charge on any atom is 0.268 e. The molecule has 0 aliphatic rings. The number of thiophene rings is 1. The summed E-state index contributed by atoms with van der Waals surface area (Å²) in [7, 11) is 1.52. The third kappa shape index (κ3) is 3.22. The first-order valence-electron chi connectivity index (χ1n) is 7.94. The second kappa shape index (κ2) is 6.94. The molecule has 8 heteroatoms. The normalized spacial score (nSPS) is 10.9. The van der Waals surface area contributed by atoms with Crippen molar-refractivity contribution in [1.82, 2.24) is 4.98 Å². The first-order valence-corrected chi connectivity index (χ1v) is 9.14. The number of fused-ring (bicyclic) bond motifs is 1. The summed E-state index contributed by atoms with van der Waals surface area (Å²) in [5.74, 6) is 0.805. The standard InChI is InChI=1S/C19H14ClN3O3S/c1-25-14-7-4-10(20)9-13(14)22-18(24)17-16(21)11-5-6-12(23-19(11)27-17)15-3-2-8-26-15/h2-9H,21H2,1H3,(H,22,24). The molecule has 4 aromatic rings. The number of benzene rings is 1. The largest absolute Gasteiger partial charge is 0.495 e. The molecule has 0 radical (unpaired) electrons. The van der Waals surface area contributed by atoms with Crippen molar-refractivity contribution >= 4 is 50.4 Å². The number of hydrogen-bond donors (Lipinski definition) is 2. The molecule has 4 rings (SSSR count). The summed E-state index contributed by atoms with van der Waals surface area (Å²) in [6.45, 7) is 0. The number of rotatable bonds is 4. The molecule has 3 aromatic heterocycles. The molecule has 136 valence electrons. The first-order chi connectivity index (χ1) is 13.1. The van der Waals surface area contributed by atoms with E-state index in [0.717, 1.165) is 5.39 Å². The van der Waals surface area contributed by atoms with Crippen LogP contribution in [0.5, 0.6) is 5.75 Å². The van der Waals surface area contributed by atoms with E-state index in [9.17, 15) is 4.79 Å². The first kappa shape index (κ1) is 17.4. The number of nitrogen functional groups attached to an aromatic ring is 1. The third-order valence-corrected chi connectivity index (χ3v) is 5.33. The van der Waals surface area contributed by atoms with Gasteiger partial charge in [0.1, 0.15) is 21.2 Å². The number of carbonyl (C=O) groups excluding carboxylic acids is 1. The van der Waals surface area contributed by atoms with Crippen molar-refractivity contribution in [1.29, 1.82) is 0 Å². The van der Waals surface area contributed by atoms with Crippen LogP contribution in [0, 0.1) is 0 Å². The van der Waals surface area contributed by atoms with Crippen LogP contribution in [0.15, 0.2) is 53.1 Å². The van der Waals surface area contributed by atoms with Gasteiger partial charge in [-0.2, -0.15) is 0 Å². The number of hydrogen-bond acceptors (Lipinski definition) is 6. The van der Waals surface area contributed by atoms with Crippen molar-refractivity contribution in [3.8, 4) is 17.2 Å². The molecule has 0 atom stereocenters. The quantitative estimate of drug-likeness (QED) is 0.501. The SMILES string of the molecule is COc1ccc(Cl)cc1NC(=O)c1sc2nc(-c3ccco3)ccc2c1N. The van der Waals surface area contributed by atoms with Crippen LogP contribution in [-0.4, -0.2) is 18.0 Å². The van der Waals surface area contributed by atoms with E-state index >= 15 is 0 Å². The van der Waals surface area contributed by atoms with Crippen LogP contribution in [-0.2, 0) is 0 Å². The number of pyridine rings is 1. The number of nitrogens with two attached hydrogens (primary N) is 1. The van der Waals surface area contributed by atoms with Gasteiger partial charge in [0.05, 0.1) is 24.7 Å². The topological polar surface area (TPSA) is 90.4 Å². The van der Waals surface area contributed by atoms with Gasteiger partial charge < -0.3 is 20.2 Å². The van der Waals surface area contributed by atoms with Crippen molar-refractivity contribution in [3.63, 3.8) is 0 Å². The number of carbonyl (C=O) groups is 1. The molecule has 3 N–H and O–H groups in total. The van der Waals surface area contributed by atoms with Gasteiger partial charge in [-0.05, 0) is 42.5 Å². The van der Waals surface area contributed by atoms with Crippen molar-refractivity contribution in [3.05, 3.63) is 58.6 Å². The van der Waals surface area contributed by atoms with E-state index in [1.165, 1.54) is 18.4 Å². The van der Waals surface area contributed by atoms with Crippen LogP contribution in [0.4, 0.5) is 11.4 Å². The van der Waals surface area contributed by atoms with E-state index < -0.39 is 0 Å². The Morgan fingerprint density at radius 2 is 2.15 bits per heavy atom. The van der Waals surface area contributed by atoms with Crippen molar-refractivity contribution in [2.45, 2.75) is 0 Å². The lowest BCUT2D eigenvalue weighted by molar-refractivity contribution is 0.103. The van der Waals surface area contributed by atoms with Crippen LogP contribution < -0.4 is 15.8 Å². The van der Waals surface area contributed by atoms with Gasteiger partial charge in [-0.25, -0.2) is 4.98 Å². The second-order valence-corrected chi connectivity index (χ2v) is 7.11. The van der Waals surface area contributed by atoms with Gasteiger partial charge in [0.25, 0.3) is 5.91 Å². The average molecular weight is 400 g/mol. The average Bonchev–Trinajstić information content (AvgIpc) is 3.30. The van der Waals surface area contributed by atoms with Gasteiger partial charge in [-0.1, -0.05) is 11.6 Å². The Bertz CT molecular complexity index is 1140. The summed E-state index contributed by atoms with van der Waals surface area (Å²) >= 11 is 7.23. The van der Waals surface area contributed by atoms with Gasteiger partial charge in [-0.3, -0.25) is 4.79 Å². The second-order valence-electron chi connectivity index (χ2n) is 5.67. The van der Waals surface area contributed by atoms with E-state index in [0.29, 0.717) is 43.3 Å². The smallest absolute Gasteiger partial charge is 0.268 e. The van der Waals surface area contributed by atoms with E-state index in [4.69, 9.17) is 26.5 Å². The molecule has 0 aliphatic heterocycles. The highest BCUT2D eigenvalue weighted by molar-refractivity contribution is 7.21. The van der Waals surface area contributed by atoms with E-state index in [2.05, 4.69) is 10.3 Å². The van der Waals surface area contributed by atoms with Gasteiger partial charge >= 0.3 is 0 Å². The van der Waals surface area contributed by atoms with Crippen molar-refractivity contribution in [2.75, 3.05) is 18.2 Å². The Hall–Kier alpha value is -3.03. The van der Waals surface area contributed by atoms with Crippen LogP contribution in [0.2, 0.25) is 5.02 Å². The molecule has 27 heavy (non-hydrogen) atoms. The summed E-state index contributed by atoms with van der Waals surface area (Å²) in [5, 5.41) is 4.01. The van der Waals surface area contributed by atoms with Gasteiger partial charge in [0.15, 0.2) is 5.76 Å². The maximum atomic E-state index is 12.8. The number of aromatic nitrogens is 1. The monoisotopic (exact) mass is 399 g/mol. The van der Waals surface area contributed by atoms with Gasteiger partial charge in [-0.15, -0.1) is 11.3 Å². The number of methoxy groups -OCH3 is 1. The molecule has 1 amide bonds. The number of nitrogens with zero attached hydrogens (tertiary/aromatic N) is 1. The fraction of sp³-hybridized carbons (Fsp3) is 0.0526. The highest BCUT2D eigenvalue weighted by atomic mass is 35.5. The van der Waals surface area contributed by atoms with Crippen molar-refractivity contribution < 1.29 is 13.9 Å². The van der Waals surface area contributed by atoms with Crippen LogP contribution in [0.25, 0.3) is 21.7 Å². The zero-order valence-corrected chi connectivity index (χ0v) is 15.7. The summed E-state index contributed by atoms with van der Waals surface area (Å²) in [5.41, 5.74) is 7.72. The minimum absolute atomic E-state index is 0.351. The fourth-order valence-corrected chi connectivity index (χ4v) is 3.85. The molecule has 3 heterocycles. The molecule has 0 unspecified atom stereocenters. The Morgan fingerprint density at radius 1 is 1.30 bits per heavy atom. The number of ether oxygens (including phenoxy) is 1. The van der Waals surface area contributed by atoms with E-state index in [1.807, 2.05) is 18.2 Å². The Morgan fingerprint density at radius 3 is 2.89 bits per heavy atom.